The van der Waals surface area contributed by atoms with Gasteiger partial charge in [-0.05, 0) is 11.2 Å². The maximum atomic E-state index is 11.6. The summed E-state index contributed by atoms with van der Waals surface area (Å²) in [5, 5.41) is -0.979. The van der Waals surface area contributed by atoms with Crippen molar-refractivity contribution >= 4 is 22.7 Å². The van der Waals surface area contributed by atoms with Crippen molar-refractivity contribution in [1.82, 2.24) is 0 Å². The lowest BCUT2D eigenvalue weighted by Crippen LogP contribution is -2.31. The van der Waals surface area contributed by atoms with Gasteiger partial charge in [0.2, 0.25) is 16.8 Å². The number of hydrogen-bond acceptors (Lipinski definition) is 3. The van der Waals surface area contributed by atoms with E-state index in [0.29, 0.717) is 11.1 Å². The quantitative estimate of drug-likeness (QED) is 0.507. The zero-order valence-electron chi connectivity index (χ0n) is 7.52. The number of rotatable bonds is 1. The zero-order valence-corrected chi connectivity index (χ0v) is 8.34. The summed E-state index contributed by atoms with van der Waals surface area (Å²) in [6.07, 6.45) is 1.38. The first kappa shape index (κ1) is 9.43. The number of carbonyl (C=O) groups excluding carboxylic acids is 2. The molecule has 0 saturated carbocycles. The van der Waals surface area contributed by atoms with E-state index in [-0.39, 0.29) is 11.6 Å². The van der Waals surface area contributed by atoms with Gasteiger partial charge in [-0.3, -0.25) is 9.59 Å². The predicted octanol–water partition coefficient (Wildman–Crippen LogP) is 0.813. The molecule has 72 valence electrons. The number of hydrogen-bond donors (Lipinski definition) is 0. The molecule has 0 N–H and O–H groups in total. The maximum absolute atomic E-state index is 11.6. The molecule has 0 spiro atoms. The number of carbonyl (C=O) groups is 2. The molecular formula is C10H8O3S. The van der Waals surface area contributed by atoms with Gasteiger partial charge in [0, 0.05) is 11.1 Å². The molecule has 14 heavy (non-hydrogen) atoms. The van der Waals surface area contributed by atoms with Crippen LogP contribution in [0, 0.1) is 0 Å². The van der Waals surface area contributed by atoms with E-state index in [1.54, 1.807) is 24.3 Å². The Kier molecular flexibility index (Phi) is 2.17. The Labute approximate surface area is 84.3 Å². The van der Waals surface area contributed by atoms with Crippen LogP contribution in [0.2, 0.25) is 0 Å². The average molecular weight is 208 g/mol. The molecule has 1 atom stereocenters. The molecule has 0 aromatic heterocycles. The molecule has 1 aliphatic rings. The Balaban J connectivity index is 2.54. The fourth-order valence-electron chi connectivity index (χ4n) is 1.62. The topological polar surface area (TPSA) is 57.2 Å². The summed E-state index contributed by atoms with van der Waals surface area (Å²) in [5.74, 6) is -0.627. The second-order valence-electron chi connectivity index (χ2n) is 3.15. The van der Waals surface area contributed by atoms with Gasteiger partial charge in [-0.2, -0.15) is 0 Å². The van der Waals surface area contributed by atoms with Crippen LogP contribution in [0.15, 0.2) is 24.3 Å². The lowest BCUT2D eigenvalue weighted by molar-refractivity contribution is 0.0928. The van der Waals surface area contributed by atoms with E-state index in [4.69, 9.17) is 0 Å². The van der Waals surface area contributed by atoms with Crippen LogP contribution in [0.1, 0.15) is 20.7 Å². The molecular weight excluding hydrogens is 200 g/mol. The Bertz CT molecular complexity index is 377. The molecule has 0 amide bonds. The number of Topliss-reactive ketones (excluding diaryl/α,β-unsaturated/α-hetero) is 2. The van der Waals surface area contributed by atoms with Gasteiger partial charge in [-0.15, -0.1) is 0 Å². The van der Waals surface area contributed by atoms with Crippen molar-refractivity contribution in [3.8, 4) is 0 Å². The van der Waals surface area contributed by atoms with E-state index in [1.165, 1.54) is 6.26 Å². The molecule has 0 fully saturated rings. The van der Waals surface area contributed by atoms with Crippen molar-refractivity contribution in [2.75, 3.05) is 6.26 Å². The van der Waals surface area contributed by atoms with Crippen LogP contribution in [0.5, 0.6) is 0 Å². The molecule has 0 bridgehead atoms. The summed E-state index contributed by atoms with van der Waals surface area (Å²) in [6.45, 7) is 0. The first-order chi connectivity index (χ1) is 6.63. The largest absolute Gasteiger partial charge is 0.616 e. The summed E-state index contributed by atoms with van der Waals surface area (Å²) in [5.41, 5.74) is 0.801. The average Bonchev–Trinajstić information content (AvgIpc) is 2.41. The van der Waals surface area contributed by atoms with Gasteiger partial charge in [0.1, 0.15) is 0 Å². The van der Waals surface area contributed by atoms with Crippen LogP contribution in [-0.2, 0) is 11.2 Å². The highest BCUT2D eigenvalue weighted by molar-refractivity contribution is 7.93. The standard InChI is InChI=1S/C10H8O3S/c1-14(13)10-8(11)6-4-2-3-5-7(6)9(10)12/h2-5,10H,1H3. The molecule has 0 radical (unpaired) electrons. The fraction of sp³-hybridized carbons (Fsp3) is 0.200. The lowest BCUT2D eigenvalue weighted by Gasteiger charge is -2.08. The van der Waals surface area contributed by atoms with Crippen molar-refractivity contribution in [1.29, 1.82) is 0 Å². The Morgan fingerprint density at radius 1 is 1.14 bits per heavy atom. The minimum absolute atomic E-state index is 0.313. The van der Waals surface area contributed by atoms with Crippen molar-refractivity contribution < 1.29 is 14.1 Å². The number of ketones is 2. The summed E-state index contributed by atoms with van der Waals surface area (Å²) >= 11 is -1.43. The molecule has 1 aromatic carbocycles. The third kappa shape index (κ3) is 1.19. The molecule has 2 rings (SSSR count). The van der Waals surface area contributed by atoms with Crippen LogP contribution in [0.4, 0.5) is 0 Å². The minimum atomic E-state index is -1.43. The highest BCUT2D eigenvalue weighted by Crippen LogP contribution is 2.25. The molecule has 4 heteroatoms. The highest BCUT2D eigenvalue weighted by atomic mass is 32.2. The van der Waals surface area contributed by atoms with Gasteiger partial charge in [0.05, 0.1) is 6.26 Å². The van der Waals surface area contributed by atoms with E-state index in [0.717, 1.165) is 0 Å². The lowest BCUT2D eigenvalue weighted by atomic mass is 10.1. The van der Waals surface area contributed by atoms with Crippen molar-refractivity contribution in [2.24, 2.45) is 0 Å². The summed E-state index contributed by atoms with van der Waals surface area (Å²) in [7, 11) is 0. The van der Waals surface area contributed by atoms with Crippen molar-refractivity contribution in [2.45, 2.75) is 5.25 Å². The van der Waals surface area contributed by atoms with Crippen LogP contribution < -0.4 is 0 Å². The van der Waals surface area contributed by atoms with E-state index in [1.807, 2.05) is 0 Å². The Hall–Kier alpha value is -1.13. The van der Waals surface area contributed by atoms with Gasteiger partial charge in [-0.1, -0.05) is 24.3 Å². The van der Waals surface area contributed by atoms with E-state index in [2.05, 4.69) is 0 Å². The van der Waals surface area contributed by atoms with Crippen LogP contribution in [-0.4, -0.2) is 27.6 Å². The third-order valence-corrected chi connectivity index (χ3v) is 3.36. The second kappa shape index (κ2) is 3.22. The predicted molar refractivity (Wildman–Crippen MR) is 53.0 cm³/mol. The van der Waals surface area contributed by atoms with Gasteiger partial charge in [-0.25, -0.2) is 0 Å². The van der Waals surface area contributed by atoms with E-state index >= 15 is 0 Å². The molecule has 3 nitrogen and oxygen atoms in total. The summed E-state index contributed by atoms with van der Waals surface area (Å²) in [6, 6.07) is 6.60. The highest BCUT2D eigenvalue weighted by Gasteiger charge is 2.44. The van der Waals surface area contributed by atoms with Gasteiger partial charge in [0.25, 0.3) is 0 Å². The van der Waals surface area contributed by atoms with Crippen LogP contribution in [0.3, 0.4) is 0 Å². The SMILES string of the molecule is C[S+]([O-])C1C(=O)c2ccccc2C1=O. The van der Waals surface area contributed by atoms with Crippen LogP contribution in [0.25, 0.3) is 0 Å². The normalized spacial score (nSPS) is 18.4. The fourth-order valence-corrected chi connectivity index (χ4v) is 2.47. The molecule has 0 saturated heterocycles. The van der Waals surface area contributed by atoms with Gasteiger partial charge in [0.15, 0.2) is 0 Å². The van der Waals surface area contributed by atoms with Gasteiger partial charge >= 0.3 is 0 Å². The summed E-state index contributed by atoms with van der Waals surface area (Å²) in [4.78, 5) is 23.3. The summed E-state index contributed by atoms with van der Waals surface area (Å²) < 4.78 is 11.2. The van der Waals surface area contributed by atoms with Crippen LogP contribution >= 0.6 is 0 Å². The van der Waals surface area contributed by atoms with Crippen molar-refractivity contribution in [3.05, 3.63) is 35.4 Å². The first-order valence-corrected chi connectivity index (χ1v) is 5.74. The monoisotopic (exact) mass is 208 g/mol. The molecule has 0 aliphatic heterocycles. The maximum Gasteiger partial charge on any atom is 0.240 e. The smallest absolute Gasteiger partial charge is 0.240 e. The number of fused-ring (bicyclic) bond motifs is 1. The van der Waals surface area contributed by atoms with Crippen molar-refractivity contribution in [3.63, 3.8) is 0 Å². The Morgan fingerprint density at radius 3 is 1.93 bits per heavy atom. The second-order valence-corrected chi connectivity index (χ2v) is 4.62. The molecule has 1 aliphatic carbocycles. The molecule has 1 aromatic rings. The van der Waals surface area contributed by atoms with E-state index in [9.17, 15) is 14.1 Å². The first-order valence-electron chi connectivity index (χ1n) is 4.12. The zero-order chi connectivity index (χ0) is 10.3. The van der Waals surface area contributed by atoms with Gasteiger partial charge < -0.3 is 4.55 Å². The van der Waals surface area contributed by atoms with E-state index < -0.39 is 16.4 Å². The minimum Gasteiger partial charge on any atom is -0.616 e. The number of benzene rings is 1. The molecule has 0 heterocycles. The third-order valence-electron chi connectivity index (χ3n) is 2.27. The molecule has 1 unspecified atom stereocenters. The Morgan fingerprint density at radius 2 is 1.57 bits per heavy atom.